The van der Waals surface area contributed by atoms with Gasteiger partial charge in [0.15, 0.2) is 0 Å². The fourth-order valence-electron chi connectivity index (χ4n) is 2.80. The molecule has 0 saturated carbocycles. The second-order valence-corrected chi connectivity index (χ2v) is 5.78. The normalized spacial score (nSPS) is 17.8. The van der Waals surface area contributed by atoms with Crippen LogP contribution in [0.2, 0.25) is 0 Å². The molecule has 0 N–H and O–H groups in total. The average molecular weight is 323 g/mol. The summed E-state index contributed by atoms with van der Waals surface area (Å²) < 4.78 is 5.39. The van der Waals surface area contributed by atoms with Crippen LogP contribution in [0.1, 0.15) is 18.4 Å². The van der Waals surface area contributed by atoms with Crippen LogP contribution in [-0.2, 0) is 9.53 Å². The lowest BCUT2D eigenvalue weighted by Crippen LogP contribution is -2.40. The minimum atomic E-state index is -0.145. The third kappa shape index (κ3) is 4.41. The molecule has 0 spiro atoms. The minimum Gasteiger partial charge on any atom is -0.461 e. The molecule has 1 saturated heterocycles. The van der Waals surface area contributed by atoms with Crippen LogP contribution in [0.5, 0.6) is 0 Å². The maximum Gasteiger partial charge on any atom is 0.311 e. The first kappa shape index (κ1) is 16.2. The van der Waals surface area contributed by atoms with Crippen LogP contribution in [0.4, 0.5) is 5.95 Å². The first-order valence-corrected chi connectivity index (χ1v) is 8.23. The summed E-state index contributed by atoms with van der Waals surface area (Å²) in [6.07, 6.45) is 9.06. The highest BCUT2D eigenvalue weighted by Gasteiger charge is 2.27. The van der Waals surface area contributed by atoms with Crippen molar-refractivity contribution in [3.8, 4) is 0 Å². The SMILES string of the molecule is O=C(OC/C=C\c1ccccc1)[C@H]1CCCN(c2ncccn2)C1. The summed E-state index contributed by atoms with van der Waals surface area (Å²) in [5.41, 5.74) is 1.10. The first-order valence-electron chi connectivity index (χ1n) is 8.23. The fourth-order valence-corrected chi connectivity index (χ4v) is 2.80. The van der Waals surface area contributed by atoms with Gasteiger partial charge in [0.05, 0.1) is 5.92 Å². The molecule has 5 heteroatoms. The highest BCUT2D eigenvalue weighted by Crippen LogP contribution is 2.21. The molecule has 5 nitrogen and oxygen atoms in total. The monoisotopic (exact) mass is 323 g/mol. The zero-order valence-corrected chi connectivity index (χ0v) is 13.5. The molecule has 124 valence electrons. The van der Waals surface area contributed by atoms with Crippen molar-refractivity contribution in [1.29, 1.82) is 0 Å². The smallest absolute Gasteiger partial charge is 0.311 e. The summed E-state index contributed by atoms with van der Waals surface area (Å²) in [4.78, 5) is 22.8. The minimum absolute atomic E-state index is 0.118. The van der Waals surface area contributed by atoms with Crippen LogP contribution in [-0.4, -0.2) is 35.6 Å². The first-order chi connectivity index (χ1) is 11.8. The second kappa shape index (κ2) is 8.24. The van der Waals surface area contributed by atoms with Crippen molar-refractivity contribution in [3.05, 3.63) is 60.4 Å². The van der Waals surface area contributed by atoms with E-state index in [1.807, 2.05) is 42.5 Å². The molecule has 0 aliphatic carbocycles. The molecule has 3 rings (SSSR count). The van der Waals surface area contributed by atoms with E-state index in [1.54, 1.807) is 18.5 Å². The predicted octanol–water partition coefficient (Wildman–Crippen LogP) is 2.95. The van der Waals surface area contributed by atoms with Gasteiger partial charge in [0.2, 0.25) is 5.95 Å². The molecule has 0 amide bonds. The van der Waals surface area contributed by atoms with E-state index in [9.17, 15) is 4.79 Å². The summed E-state index contributed by atoms with van der Waals surface area (Å²) in [5, 5.41) is 0. The van der Waals surface area contributed by atoms with Crippen molar-refractivity contribution in [3.63, 3.8) is 0 Å². The summed E-state index contributed by atoms with van der Waals surface area (Å²) in [7, 11) is 0. The molecular formula is C19H21N3O2. The van der Waals surface area contributed by atoms with Crippen LogP contribution >= 0.6 is 0 Å². The summed E-state index contributed by atoms with van der Waals surface area (Å²) in [6, 6.07) is 11.7. The van der Waals surface area contributed by atoms with Gasteiger partial charge in [0.25, 0.3) is 0 Å². The Kier molecular flexibility index (Phi) is 5.56. The fraction of sp³-hybridized carbons (Fsp3) is 0.316. The number of hydrogen-bond donors (Lipinski definition) is 0. The molecule has 1 aromatic carbocycles. The molecular weight excluding hydrogens is 302 g/mol. The number of nitrogens with zero attached hydrogens (tertiary/aromatic N) is 3. The van der Waals surface area contributed by atoms with Gasteiger partial charge in [-0.3, -0.25) is 4.79 Å². The van der Waals surface area contributed by atoms with Crippen LogP contribution in [0.3, 0.4) is 0 Å². The molecule has 24 heavy (non-hydrogen) atoms. The largest absolute Gasteiger partial charge is 0.461 e. The van der Waals surface area contributed by atoms with Crippen molar-refractivity contribution in [2.75, 3.05) is 24.6 Å². The van der Waals surface area contributed by atoms with Crippen molar-refractivity contribution in [1.82, 2.24) is 9.97 Å². The molecule has 1 aliphatic heterocycles. The molecule has 0 radical (unpaired) electrons. The standard InChI is InChI=1S/C19H21N3O2/c23-18(24-14-5-9-16-7-2-1-3-8-16)17-10-4-13-22(15-17)19-20-11-6-12-21-19/h1-3,5-9,11-12,17H,4,10,13-15H2/b9-5-/t17-/m0/s1. The Morgan fingerprint density at radius 3 is 2.79 bits per heavy atom. The quantitative estimate of drug-likeness (QED) is 0.792. The summed E-state index contributed by atoms with van der Waals surface area (Å²) in [6.45, 7) is 1.79. The van der Waals surface area contributed by atoms with Gasteiger partial charge in [-0.2, -0.15) is 0 Å². The second-order valence-electron chi connectivity index (χ2n) is 5.78. The number of piperidine rings is 1. The number of ether oxygens (including phenoxy) is 1. The molecule has 1 aromatic heterocycles. The van der Waals surface area contributed by atoms with E-state index in [2.05, 4.69) is 14.9 Å². The van der Waals surface area contributed by atoms with Crippen LogP contribution in [0, 0.1) is 5.92 Å². The van der Waals surface area contributed by atoms with Crippen LogP contribution in [0.15, 0.2) is 54.9 Å². The number of rotatable bonds is 5. The van der Waals surface area contributed by atoms with Gasteiger partial charge in [-0.05, 0) is 30.5 Å². The Morgan fingerprint density at radius 1 is 1.21 bits per heavy atom. The van der Waals surface area contributed by atoms with Crippen molar-refractivity contribution < 1.29 is 9.53 Å². The molecule has 1 fully saturated rings. The van der Waals surface area contributed by atoms with E-state index < -0.39 is 0 Å². The number of carbonyl (C=O) groups is 1. The summed E-state index contributed by atoms with van der Waals surface area (Å²) in [5.74, 6) is 0.417. The summed E-state index contributed by atoms with van der Waals surface area (Å²) >= 11 is 0. The van der Waals surface area contributed by atoms with Crippen molar-refractivity contribution >= 4 is 18.0 Å². The molecule has 0 bridgehead atoms. The number of carbonyl (C=O) groups excluding carboxylic acids is 1. The van der Waals surface area contributed by atoms with Gasteiger partial charge in [0, 0.05) is 25.5 Å². The molecule has 2 aromatic rings. The topological polar surface area (TPSA) is 55.3 Å². The predicted molar refractivity (Wildman–Crippen MR) is 93.4 cm³/mol. The average Bonchev–Trinajstić information content (AvgIpc) is 2.67. The van der Waals surface area contributed by atoms with Crippen LogP contribution < -0.4 is 4.90 Å². The Balaban J connectivity index is 1.49. The molecule has 0 unspecified atom stereocenters. The molecule has 1 atom stereocenters. The van der Waals surface area contributed by atoms with E-state index >= 15 is 0 Å². The number of hydrogen-bond acceptors (Lipinski definition) is 5. The van der Waals surface area contributed by atoms with Gasteiger partial charge < -0.3 is 9.64 Å². The van der Waals surface area contributed by atoms with Gasteiger partial charge in [-0.15, -0.1) is 0 Å². The zero-order valence-electron chi connectivity index (χ0n) is 13.5. The highest BCUT2D eigenvalue weighted by molar-refractivity contribution is 5.73. The van der Waals surface area contributed by atoms with E-state index in [-0.39, 0.29) is 11.9 Å². The lowest BCUT2D eigenvalue weighted by Gasteiger charge is -2.31. The Hall–Kier alpha value is -2.69. The third-order valence-corrected chi connectivity index (χ3v) is 4.02. The highest BCUT2D eigenvalue weighted by atomic mass is 16.5. The number of esters is 1. The maximum absolute atomic E-state index is 12.3. The van der Waals surface area contributed by atoms with E-state index in [0.717, 1.165) is 24.9 Å². The Morgan fingerprint density at radius 2 is 2.00 bits per heavy atom. The number of anilines is 1. The lowest BCUT2D eigenvalue weighted by atomic mass is 9.98. The van der Waals surface area contributed by atoms with Gasteiger partial charge in [0.1, 0.15) is 6.61 Å². The van der Waals surface area contributed by atoms with Crippen LogP contribution in [0.25, 0.3) is 6.08 Å². The third-order valence-electron chi connectivity index (χ3n) is 4.02. The number of aromatic nitrogens is 2. The Bertz CT molecular complexity index is 674. The van der Waals surface area contributed by atoms with E-state index in [0.29, 0.717) is 19.1 Å². The van der Waals surface area contributed by atoms with E-state index in [4.69, 9.17) is 4.74 Å². The van der Waals surface area contributed by atoms with Gasteiger partial charge in [-0.25, -0.2) is 9.97 Å². The number of benzene rings is 1. The molecule has 1 aliphatic rings. The van der Waals surface area contributed by atoms with E-state index in [1.165, 1.54) is 0 Å². The maximum atomic E-state index is 12.3. The van der Waals surface area contributed by atoms with Gasteiger partial charge in [-0.1, -0.05) is 36.4 Å². The lowest BCUT2D eigenvalue weighted by molar-refractivity contribution is -0.147. The Labute approximate surface area is 142 Å². The zero-order chi connectivity index (χ0) is 16.6. The van der Waals surface area contributed by atoms with Crippen molar-refractivity contribution in [2.24, 2.45) is 5.92 Å². The van der Waals surface area contributed by atoms with Crippen molar-refractivity contribution in [2.45, 2.75) is 12.8 Å². The molecule has 2 heterocycles. The van der Waals surface area contributed by atoms with Gasteiger partial charge >= 0.3 is 5.97 Å².